The molecule has 0 saturated carbocycles. The van der Waals surface area contributed by atoms with E-state index in [0.29, 0.717) is 12.5 Å². The van der Waals surface area contributed by atoms with Crippen molar-refractivity contribution >= 4 is 5.91 Å². The van der Waals surface area contributed by atoms with Crippen LogP contribution in [-0.2, 0) is 4.79 Å². The van der Waals surface area contributed by atoms with Crippen molar-refractivity contribution in [2.75, 3.05) is 19.6 Å². The Labute approximate surface area is 80.3 Å². The highest BCUT2D eigenvalue weighted by molar-refractivity contribution is 5.76. The van der Waals surface area contributed by atoms with Crippen LogP contribution in [0.25, 0.3) is 0 Å². The average molecular weight is 184 g/mol. The predicted octanol–water partition coefficient (Wildman–Crippen LogP) is 1.13. The fourth-order valence-electron chi connectivity index (χ4n) is 1.78. The molecule has 0 spiro atoms. The second kappa shape index (κ2) is 5.97. The summed E-state index contributed by atoms with van der Waals surface area (Å²) in [7, 11) is 0. The molecule has 3 nitrogen and oxygen atoms in total. The van der Waals surface area contributed by atoms with E-state index in [4.69, 9.17) is 5.73 Å². The molecule has 1 heterocycles. The van der Waals surface area contributed by atoms with Crippen molar-refractivity contribution in [1.29, 1.82) is 0 Å². The summed E-state index contributed by atoms with van der Waals surface area (Å²) in [6.45, 7) is 2.24. The summed E-state index contributed by atoms with van der Waals surface area (Å²) < 4.78 is 0. The Kier molecular flexibility index (Phi) is 4.83. The zero-order valence-corrected chi connectivity index (χ0v) is 8.30. The zero-order chi connectivity index (χ0) is 9.52. The van der Waals surface area contributed by atoms with E-state index < -0.39 is 0 Å². The molecule has 0 aliphatic carbocycles. The van der Waals surface area contributed by atoms with Gasteiger partial charge in [0.25, 0.3) is 0 Å². The summed E-state index contributed by atoms with van der Waals surface area (Å²) >= 11 is 0. The van der Waals surface area contributed by atoms with Crippen molar-refractivity contribution in [3.63, 3.8) is 0 Å². The van der Waals surface area contributed by atoms with Crippen LogP contribution in [0, 0.1) is 0 Å². The van der Waals surface area contributed by atoms with Crippen LogP contribution >= 0.6 is 0 Å². The highest BCUT2D eigenvalue weighted by Crippen LogP contribution is 2.11. The molecule has 1 saturated heterocycles. The summed E-state index contributed by atoms with van der Waals surface area (Å²) in [5.41, 5.74) is 5.46. The van der Waals surface area contributed by atoms with Crippen LogP contribution in [0.3, 0.4) is 0 Å². The summed E-state index contributed by atoms with van der Waals surface area (Å²) in [4.78, 5) is 13.5. The molecular formula is C10H20N2O. The fraction of sp³-hybridized carbons (Fsp3) is 0.900. The zero-order valence-electron chi connectivity index (χ0n) is 8.30. The van der Waals surface area contributed by atoms with Crippen LogP contribution < -0.4 is 5.73 Å². The SMILES string of the molecule is NCCN1CCCCCCCC1=O. The first-order chi connectivity index (χ1) is 6.34. The summed E-state index contributed by atoms with van der Waals surface area (Å²) in [6.07, 6.45) is 6.67. The van der Waals surface area contributed by atoms with Gasteiger partial charge in [0.1, 0.15) is 0 Å². The largest absolute Gasteiger partial charge is 0.341 e. The molecule has 0 radical (unpaired) electrons. The Morgan fingerprint density at radius 1 is 1.15 bits per heavy atom. The third-order valence-electron chi connectivity index (χ3n) is 2.57. The van der Waals surface area contributed by atoms with Crippen LogP contribution in [0.2, 0.25) is 0 Å². The van der Waals surface area contributed by atoms with Crippen molar-refractivity contribution in [1.82, 2.24) is 4.90 Å². The van der Waals surface area contributed by atoms with Gasteiger partial charge in [0, 0.05) is 26.1 Å². The van der Waals surface area contributed by atoms with E-state index in [0.717, 1.165) is 32.4 Å². The van der Waals surface area contributed by atoms with E-state index in [1.165, 1.54) is 19.3 Å². The van der Waals surface area contributed by atoms with Gasteiger partial charge >= 0.3 is 0 Å². The highest BCUT2D eigenvalue weighted by atomic mass is 16.2. The molecule has 76 valence electrons. The molecule has 1 aliphatic rings. The molecule has 0 aromatic rings. The third-order valence-corrected chi connectivity index (χ3v) is 2.57. The smallest absolute Gasteiger partial charge is 0.222 e. The first-order valence-corrected chi connectivity index (χ1v) is 5.32. The monoisotopic (exact) mass is 184 g/mol. The maximum atomic E-state index is 11.6. The summed E-state index contributed by atoms with van der Waals surface area (Å²) in [5.74, 6) is 0.298. The minimum atomic E-state index is 0.298. The van der Waals surface area contributed by atoms with E-state index in [2.05, 4.69) is 0 Å². The summed E-state index contributed by atoms with van der Waals surface area (Å²) in [6, 6.07) is 0. The normalized spacial score (nSPS) is 20.7. The number of hydrogen-bond donors (Lipinski definition) is 1. The molecule has 1 fully saturated rings. The molecule has 1 rings (SSSR count). The number of hydrogen-bond acceptors (Lipinski definition) is 2. The van der Waals surface area contributed by atoms with Gasteiger partial charge in [-0.05, 0) is 12.8 Å². The number of nitrogens with zero attached hydrogens (tertiary/aromatic N) is 1. The second-order valence-electron chi connectivity index (χ2n) is 3.69. The lowest BCUT2D eigenvalue weighted by molar-refractivity contribution is -0.131. The van der Waals surface area contributed by atoms with Crippen molar-refractivity contribution < 1.29 is 4.79 Å². The Morgan fingerprint density at radius 2 is 1.85 bits per heavy atom. The van der Waals surface area contributed by atoms with Gasteiger partial charge in [-0.2, -0.15) is 0 Å². The lowest BCUT2D eigenvalue weighted by Gasteiger charge is -2.20. The molecule has 2 N–H and O–H groups in total. The minimum absolute atomic E-state index is 0.298. The van der Waals surface area contributed by atoms with Crippen LogP contribution in [0.1, 0.15) is 38.5 Å². The van der Waals surface area contributed by atoms with Crippen molar-refractivity contribution in [2.24, 2.45) is 5.73 Å². The predicted molar refractivity (Wildman–Crippen MR) is 53.3 cm³/mol. The number of rotatable bonds is 2. The summed E-state index contributed by atoms with van der Waals surface area (Å²) in [5, 5.41) is 0. The maximum absolute atomic E-state index is 11.6. The first kappa shape index (κ1) is 10.5. The number of carbonyl (C=O) groups excluding carboxylic acids is 1. The number of nitrogens with two attached hydrogens (primary N) is 1. The molecule has 1 amide bonds. The van der Waals surface area contributed by atoms with Gasteiger partial charge in [-0.15, -0.1) is 0 Å². The number of amides is 1. The van der Waals surface area contributed by atoms with E-state index >= 15 is 0 Å². The van der Waals surface area contributed by atoms with Crippen molar-refractivity contribution in [3.8, 4) is 0 Å². The Morgan fingerprint density at radius 3 is 2.62 bits per heavy atom. The lowest BCUT2D eigenvalue weighted by Crippen LogP contribution is -2.35. The van der Waals surface area contributed by atoms with E-state index in [9.17, 15) is 4.79 Å². The topological polar surface area (TPSA) is 46.3 Å². The van der Waals surface area contributed by atoms with Crippen molar-refractivity contribution in [3.05, 3.63) is 0 Å². The molecule has 1 aliphatic heterocycles. The third kappa shape index (κ3) is 3.77. The van der Waals surface area contributed by atoms with Crippen LogP contribution in [0.5, 0.6) is 0 Å². The average Bonchev–Trinajstić information content (AvgIpc) is 2.21. The standard InChI is InChI=1S/C10H20N2O/c11-7-9-12-8-5-3-1-2-4-6-10(12)13/h1-9,11H2. The van der Waals surface area contributed by atoms with Crippen LogP contribution in [0.4, 0.5) is 0 Å². The molecule has 0 aromatic carbocycles. The second-order valence-corrected chi connectivity index (χ2v) is 3.69. The van der Waals surface area contributed by atoms with Gasteiger partial charge in [0.05, 0.1) is 0 Å². The molecule has 0 bridgehead atoms. The molecule has 0 atom stereocenters. The van der Waals surface area contributed by atoms with E-state index in [1.807, 2.05) is 4.90 Å². The fourth-order valence-corrected chi connectivity index (χ4v) is 1.78. The molecular weight excluding hydrogens is 164 g/mol. The molecule has 0 aromatic heterocycles. The molecule has 13 heavy (non-hydrogen) atoms. The van der Waals surface area contributed by atoms with Gasteiger partial charge in [-0.3, -0.25) is 4.79 Å². The van der Waals surface area contributed by atoms with Gasteiger partial charge in [-0.1, -0.05) is 19.3 Å². The van der Waals surface area contributed by atoms with Crippen LogP contribution in [-0.4, -0.2) is 30.4 Å². The highest BCUT2D eigenvalue weighted by Gasteiger charge is 2.13. The van der Waals surface area contributed by atoms with Gasteiger partial charge in [0.2, 0.25) is 5.91 Å². The Bertz CT molecular complexity index is 159. The van der Waals surface area contributed by atoms with Gasteiger partial charge < -0.3 is 10.6 Å². The Hall–Kier alpha value is -0.570. The maximum Gasteiger partial charge on any atom is 0.222 e. The van der Waals surface area contributed by atoms with E-state index in [-0.39, 0.29) is 0 Å². The van der Waals surface area contributed by atoms with Gasteiger partial charge in [-0.25, -0.2) is 0 Å². The van der Waals surface area contributed by atoms with Crippen LogP contribution in [0.15, 0.2) is 0 Å². The first-order valence-electron chi connectivity index (χ1n) is 5.32. The van der Waals surface area contributed by atoms with E-state index in [1.54, 1.807) is 0 Å². The number of carbonyl (C=O) groups is 1. The quantitative estimate of drug-likeness (QED) is 0.699. The Balaban J connectivity index is 2.40. The van der Waals surface area contributed by atoms with Crippen molar-refractivity contribution in [2.45, 2.75) is 38.5 Å². The lowest BCUT2D eigenvalue weighted by atomic mass is 10.1. The molecule has 0 unspecified atom stereocenters. The minimum Gasteiger partial charge on any atom is -0.341 e. The molecule has 3 heteroatoms. The van der Waals surface area contributed by atoms with Gasteiger partial charge in [0.15, 0.2) is 0 Å².